The molecular weight excluding hydrogens is 386 g/mol. The lowest BCUT2D eigenvalue weighted by Crippen LogP contribution is -2.85. The molecule has 0 aromatic heterocycles. The Morgan fingerprint density at radius 3 is 2.33 bits per heavy atom. The maximum atomic E-state index is 11.6. The minimum absolute atomic E-state index is 0.0528. The van der Waals surface area contributed by atoms with Crippen LogP contribution in [0.25, 0.3) is 0 Å². The predicted octanol–water partition coefficient (Wildman–Crippen LogP) is -4.27. The van der Waals surface area contributed by atoms with Crippen LogP contribution in [0.1, 0.15) is 6.92 Å². The zero-order chi connectivity index (χ0) is 20.6. The predicted molar refractivity (Wildman–Crippen MR) is 91.9 cm³/mol. The molecular formula is C15H27NO10S. The Bertz CT molecular complexity index is 537. The Labute approximate surface area is 161 Å². The lowest BCUT2D eigenvalue weighted by molar-refractivity contribution is -0.398. The van der Waals surface area contributed by atoms with E-state index in [0.29, 0.717) is 0 Å². The van der Waals surface area contributed by atoms with E-state index in [-0.39, 0.29) is 12.4 Å². The number of ether oxygens (including phenoxy) is 3. The van der Waals surface area contributed by atoms with Crippen molar-refractivity contribution >= 4 is 18.5 Å². The lowest BCUT2D eigenvalue weighted by atomic mass is 9.65. The molecule has 2 heterocycles. The molecule has 158 valence electrons. The second kappa shape index (κ2) is 8.45. The van der Waals surface area contributed by atoms with Crippen LogP contribution >= 0.6 is 12.6 Å². The highest BCUT2D eigenvalue weighted by atomic mass is 32.1. The van der Waals surface area contributed by atoms with E-state index in [0.717, 1.165) is 14.0 Å². The van der Waals surface area contributed by atoms with Gasteiger partial charge in [-0.2, -0.15) is 12.6 Å². The second-order valence-electron chi connectivity index (χ2n) is 6.76. The van der Waals surface area contributed by atoms with Gasteiger partial charge in [0.15, 0.2) is 17.5 Å². The third-order valence-electron chi connectivity index (χ3n) is 5.22. The number of aliphatic hydroxyl groups excluding tert-OH is 4. The Morgan fingerprint density at radius 2 is 1.85 bits per heavy atom. The van der Waals surface area contributed by atoms with Crippen LogP contribution in [-0.2, 0) is 19.0 Å². The van der Waals surface area contributed by atoms with Crippen molar-refractivity contribution in [2.24, 2.45) is 0 Å². The number of amides is 1. The van der Waals surface area contributed by atoms with Gasteiger partial charge in [-0.15, -0.1) is 0 Å². The molecule has 0 unspecified atom stereocenters. The molecule has 11 nitrogen and oxygen atoms in total. The Hall–Kier alpha value is -0.540. The molecule has 1 amide bonds. The molecule has 0 aromatic carbocycles. The van der Waals surface area contributed by atoms with E-state index in [1.54, 1.807) is 0 Å². The SMILES string of the molecule is CO[C@H]1O[C@H](CO)[C@H](O)[C@H](O)[C@]1(O)[C@@]1(O)[C@H](O)[C@@H](CS)OC[C@H]1NC(C)=O. The number of nitrogens with one attached hydrogen (secondary N) is 1. The van der Waals surface area contributed by atoms with Gasteiger partial charge >= 0.3 is 0 Å². The monoisotopic (exact) mass is 413 g/mol. The van der Waals surface area contributed by atoms with Gasteiger partial charge < -0.3 is 50.2 Å². The van der Waals surface area contributed by atoms with E-state index in [9.17, 15) is 35.4 Å². The molecule has 2 fully saturated rings. The van der Waals surface area contributed by atoms with Crippen molar-refractivity contribution < 1.29 is 49.6 Å². The highest BCUT2D eigenvalue weighted by Crippen LogP contribution is 2.45. The summed E-state index contributed by atoms with van der Waals surface area (Å²) in [5.41, 5.74) is -5.46. The summed E-state index contributed by atoms with van der Waals surface area (Å²) in [5, 5.41) is 66.1. The van der Waals surface area contributed by atoms with Gasteiger partial charge in [0, 0.05) is 19.8 Å². The molecule has 27 heavy (non-hydrogen) atoms. The first-order chi connectivity index (χ1) is 12.6. The number of aliphatic hydroxyl groups is 6. The summed E-state index contributed by atoms with van der Waals surface area (Å²) in [6, 6.07) is -1.39. The summed E-state index contributed by atoms with van der Waals surface area (Å²) in [4.78, 5) is 11.6. The molecule has 0 radical (unpaired) electrons. The van der Waals surface area contributed by atoms with Crippen molar-refractivity contribution in [2.75, 3.05) is 26.1 Å². The highest BCUT2D eigenvalue weighted by molar-refractivity contribution is 7.80. The maximum absolute atomic E-state index is 11.6. The summed E-state index contributed by atoms with van der Waals surface area (Å²) in [5.74, 6) is -0.654. The number of carbonyl (C=O) groups excluding carboxylic acids is 1. The molecule has 0 spiro atoms. The molecule has 0 saturated carbocycles. The van der Waals surface area contributed by atoms with Crippen molar-refractivity contribution in [3.8, 4) is 0 Å². The molecule has 0 bridgehead atoms. The number of methoxy groups -OCH3 is 1. The Kier molecular flexibility index (Phi) is 7.12. The van der Waals surface area contributed by atoms with Crippen molar-refractivity contribution in [1.29, 1.82) is 0 Å². The number of hydrogen-bond donors (Lipinski definition) is 8. The van der Waals surface area contributed by atoms with Gasteiger partial charge in [-0.3, -0.25) is 4.79 Å². The van der Waals surface area contributed by atoms with Crippen LogP contribution in [0.15, 0.2) is 0 Å². The molecule has 2 aliphatic rings. The van der Waals surface area contributed by atoms with Crippen LogP contribution in [-0.4, -0.2) is 117 Å². The zero-order valence-electron chi connectivity index (χ0n) is 14.9. The molecule has 2 rings (SSSR count). The number of carbonyl (C=O) groups is 1. The highest BCUT2D eigenvalue weighted by Gasteiger charge is 2.72. The number of thiol groups is 1. The molecule has 2 saturated heterocycles. The Morgan fingerprint density at radius 1 is 1.22 bits per heavy atom. The second-order valence-corrected chi connectivity index (χ2v) is 7.13. The average molecular weight is 413 g/mol. The smallest absolute Gasteiger partial charge is 0.217 e. The largest absolute Gasteiger partial charge is 0.394 e. The third kappa shape index (κ3) is 3.48. The zero-order valence-corrected chi connectivity index (χ0v) is 15.8. The van der Waals surface area contributed by atoms with Crippen LogP contribution in [0.2, 0.25) is 0 Å². The van der Waals surface area contributed by atoms with Gasteiger partial charge in [0.05, 0.1) is 25.4 Å². The molecule has 12 heteroatoms. The number of hydrogen-bond acceptors (Lipinski definition) is 11. The van der Waals surface area contributed by atoms with Crippen LogP contribution in [0.5, 0.6) is 0 Å². The van der Waals surface area contributed by atoms with E-state index in [1.807, 2.05) is 0 Å². The molecule has 7 N–H and O–H groups in total. The lowest BCUT2D eigenvalue weighted by Gasteiger charge is -2.59. The fourth-order valence-corrected chi connectivity index (χ4v) is 4.06. The van der Waals surface area contributed by atoms with Crippen LogP contribution in [0, 0.1) is 0 Å². The van der Waals surface area contributed by atoms with E-state index in [2.05, 4.69) is 17.9 Å². The van der Waals surface area contributed by atoms with Gasteiger partial charge in [-0.1, -0.05) is 0 Å². The topological polar surface area (TPSA) is 178 Å². The molecule has 0 aliphatic carbocycles. The van der Waals surface area contributed by atoms with Crippen LogP contribution in [0.3, 0.4) is 0 Å². The summed E-state index contributed by atoms with van der Waals surface area (Å²) < 4.78 is 15.7. The average Bonchev–Trinajstić information content (AvgIpc) is 2.63. The molecule has 2 aliphatic heterocycles. The van der Waals surface area contributed by atoms with E-state index >= 15 is 0 Å². The minimum Gasteiger partial charge on any atom is -0.394 e. The van der Waals surface area contributed by atoms with Crippen molar-refractivity contribution in [2.45, 2.75) is 61.0 Å². The summed E-state index contributed by atoms with van der Waals surface area (Å²) in [7, 11) is 1.10. The quantitative estimate of drug-likeness (QED) is 0.206. The van der Waals surface area contributed by atoms with Crippen LogP contribution < -0.4 is 5.32 Å². The van der Waals surface area contributed by atoms with Crippen molar-refractivity contribution in [1.82, 2.24) is 5.32 Å². The first-order valence-corrected chi connectivity index (χ1v) is 9.00. The van der Waals surface area contributed by atoms with Gasteiger partial charge in [-0.25, -0.2) is 0 Å². The maximum Gasteiger partial charge on any atom is 0.217 e. The summed E-state index contributed by atoms with van der Waals surface area (Å²) in [6.07, 6.45) is -9.92. The Balaban J connectivity index is 2.58. The minimum atomic E-state index is -2.80. The van der Waals surface area contributed by atoms with E-state index in [4.69, 9.17) is 14.2 Å². The third-order valence-corrected chi connectivity index (χ3v) is 5.58. The van der Waals surface area contributed by atoms with Crippen molar-refractivity contribution in [3.05, 3.63) is 0 Å². The van der Waals surface area contributed by atoms with E-state index < -0.39 is 66.6 Å². The molecule has 9 atom stereocenters. The summed E-state index contributed by atoms with van der Waals surface area (Å²) >= 11 is 4.03. The standard InChI is InChI=1S/C15H27NO10S/c1-6(18)16-9-4-25-8(5-27)11(20)14(9,22)15(23)12(21)10(19)7(3-17)26-13(15)24-2/h7-13,17,19-23,27H,3-5H2,1-2H3,(H,16,18)/t7-,8-,9-,10+,11-,12+,13+,14+,15-/m1/s1. The van der Waals surface area contributed by atoms with E-state index in [1.165, 1.54) is 0 Å². The first-order valence-electron chi connectivity index (χ1n) is 8.37. The molecule has 0 aromatic rings. The fraction of sp³-hybridized carbons (Fsp3) is 0.933. The van der Waals surface area contributed by atoms with Gasteiger partial charge in [0.2, 0.25) is 5.91 Å². The van der Waals surface area contributed by atoms with Crippen LogP contribution in [0.4, 0.5) is 0 Å². The first kappa shape index (κ1) is 22.7. The number of rotatable bonds is 5. The van der Waals surface area contributed by atoms with Gasteiger partial charge in [0.25, 0.3) is 0 Å². The van der Waals surface area contributed by atoms with Gasteiger partial charge in [-0.05, 0) is 0 Å². The normalized spacial score (nSPS) is 48.3. The summed E-state index contributed by atoms with van der Waals surface area (Å²) in [6.45, 7) is 0.121. The van der Waals surface area contributed by atoms with Gasteiger partial charge in [0.1, 0.15) is 24.4 Å². The fourth-order valence-electron chi connectivity index (χ4n) is 3.75. The van der Waals surface area contributed by atoms with Crippen molar-refractivity contribution in [3.63, 3.8) is 0 Å².